The van der Waals surface area contributed by atoms with Gasteiger partial charge >= 0.3 is 6.18 Å². The minimum Gasteiger partial charge on any atom is -0.383 e. The van der Waals surface area contributed by atoms with Gasteiger partial charge < -0.3 is 5.11 Å². The molecule has 1 aromatic carbocycles. The van der Waals surface area contributed by atoms with Crippen LogP contribution < -0.4 is 0 Å². The van der Waals surface area contributed by atoms with Crippen molar-refractivity contribution in [2.24, 2.45) is 0 Å². The van der Waals surface area contributed by atoms with E-state index in [1.54, 1.807) is 30.3 Å². The van der Waals surface area contributed by atoms with Gasteiger partial charge in [-0.1, -0.05) is 37.3 Å². The van der Waals surface area contributed by atoms with E-state index in [1.165, 1.54) is 6.92 Å². The third-order valence-electron chi connectivity index (χ3n) is 2.13. The Morgan fingerprint density at radius 2 is 1.64 bits per heavy atom. The van der Waals surface area contributed by atoms with Crippen molar-refractivity contribution in [1.82, 2.24) is 0 Å². The van der Waals surface area contributed by atoms with E-state index in [0.717, 1.165) is 0 Å². The van der Waals surface area contributed by atoms with Gasteiger partial charge in [0.1, 0.15) is 0 Å². The number of alkyl halides is 3. The minimum atomic E-state index is -4.56. The van der Waals surface area contributed by atoms with Crippen molar-refractivity contribution in [3.63, 3.8) is 0 Å². The summed E-state index contributed by atoms with van der Waals surface area (Å²) in [5.41, 5.74) is 0.484. The summed E-state index contributed by atoms with van der Waals surface area (Å²) in [6.45, 7) is 1.35. The molecule has 0 aliphatic rings. The van der Waals surface area contributed by atoms with Gasteiger partial charge in [0.15, 0.2) is 6.10 Å². The molecule has 78 valence electrons. The highest BCUT2D eigenvalue weighted by Gasteiger charge is 2.42. The summed E-state index contributed by atoms with van der Waals surface area (Å²) in [7, 11) is 0. The molecule has 0 spiro atoms. The highest BCUT2D eigenvalue weighted by Crippen LogP contribution is 2.31. The number of benzene rings is 1. The lowest BCUT2D eigenvalue weighted by molar-refractivity contribution is -0.209. The normalized spacial score (nSPS) is 16.4. The summed E-state index contributed by atoms with van der Waals surface area (Å²) < 4.78 is 36.4. The van der Waals surface area contributed by atoms with Crippen LogP contribution in [0.4, 0.5) is 13.2 Å². The van der Waals surface area contributed by atoms with E-state index in [2.05, 4.69) is 0 Å². The Balaban J connectivity index is 2.81. The second kappa shape index (κ2) is 4.00. The molecule has 0 fully saturated rings. The summed E-state index contributed by atoms with van der Waals surface area (Å²) >= 11 is 0. The molecule has 1 rings (SSSR count). The lowest BCUT2D eigenvalue weighted by Gasteiger charge is -2.21. The zero-order valence-electron chi connectivity index (χ0n) is 7.62. The van der Waals surface area contributed by atoms with E-state index >= 15 is 0 Å². The second-order valence-electron chi connectivity index (χ2n) is 3.19. The van der Waals surface area contributed by atoms with Gasteiger partial charge in [-0.3, -0.25) is 0 Å². The fraction of sp³-hybridized carbons (Fsp3) is 0.400. The van der Waals surface area contributed by atoms with Gasteiger partial charge in [-0.05, 0) is 5.56 Å². The number of halogens is 3. The topological polar surface area (TPSA) is 20.2 Å². The van der Waals surface area contributed by atoms with Crippen molar-refractivity contribution in [3.8, 4) is 0 Å². The molecule has 1 N–H and O–H groups in total. The molecular weight excluding hydrogens is 193 g/mol. The minimum absolute atomic E-state index is 0.484. The molecule has 4 heteroatoms. The van der Waals surface area contributed by atoms with Gasteiger partial charge in [0.05, 0.1) is 0 Å². The van der Waals surface area contributed by atoms with E-state index in [1.807, 2.05) is 0 Å². The Kier molecular flexibility index (Phi) is 3.16. The molecule has 2 atom stereocenters. The van der Waals surface area contributed by atoms with Crippen LogP contribution in [0.15, 0.2) is 30.3 Å². The first-order valence-corrected chi connectivity index (χ1v) is 4.22. The average molecular weight is 204 g/mol. The molecule has 0 aliphatic carbocycles. The lowest BCUT2D eigenvalue weighted by Crippen LogP contribution is -2.33. The van der Waals surface area contributed by atoms with Gasteiger partial charge in [-0.2, -0.15) is 13.2 Å². The van der Waals surface area contributed by atoms with Crippen LogP contribution in [-0.2, 0) is 0 Å². The van der Waals surface area contributed by atoms with Crippen molar-refractivity contribution >= 4 is 0 Å². The van der Waals surface area contributed by atoms with E-state index in [0.29, 0.717) is 5.56 Å². The molecule has 0 bridgehead atoms. The summed E-state index contributed by atoms with van der Waals surface area (Å²) in [5.74, 6) is -0.934. The predicted molar refractivity (Wildman–Crippen MR) is 46.9 cm³/mol. The zero-order chi connectivity index (χ0) is 10.8. The zero-order valence-corrected chi connectivity index (χ0v) is 7.62. The number of hydrogen-bond acceptors (Lipinski definition) is 1. The predicted octanol–water partition coefficient (Wildman–Crippen LogP) is 2.71. The molecule has 0 saturated heterocycles. The number of aliphatic hydroxyl groups excluding tert-OH is 1. The third-order valence-corrected chi connectivity index (χ3v) is 2.13. The highest BCUT2D eigenvalue weighted by atomic mass is 19.4. The standard InChI is InChI=1S/C10H11F3O/c1-7(9(14)10(11,12)13)8-5-3-2-4-6-8/h2-7,9,14H,1H3. The largest absolute Gasteiger partial charge is 0.414 e. The van der Waals surface area contributed by atoms with Gasteiger partial charge in [0, 0.05) is 5.92 Å². The van der Waals surface area contributed by atoms with Crippen molar-refractivity contribution in [2.75, 3.05) is 0 Å². The van der Waals surface area contributed by atoms with E-state index < -0.39 is 18.2 Å². The van der Waals surface area contributed by atoms with E-state index in [-0.39, 0.29) is 0 Å². The monoisotopic (exact) mass is 204 g/mol. The van der Waals surface area contributed by atoms with Gasteiger partial charge in [0.2, 0.25) is 0 Å². The number of rotatable bonds is 2. The van der Waals surface area contributed by atoms with Crippen molar-refractivity contribution in [2.45, 2.75) is 25.1 Å². The first-order valence-electron chi connectivity index (χ1n) is 4.22. The second-order valence-corrected chi connectivity index (χ2v) is 3.19. The molecule has 0 aliphatic heterocycles. The lowest BCUT2D eigenvalue weighted by atomic mass is 9.95. The Hall–Kier alpha value is -1.03. The molecule has 0 aromatic heterocycles. The molecule has 1 aromatic rings. The average Bonchev–Trinajstić information content (AvgIpc) is 2.15. The maximum atomic E-state index is 12.1. The molecule has 14 heavy (non-hydrogen) atoms. The van der Waals surface area contributed by atoms with Gasteiger partial charge in [-0.15, -0.1) is 0 Å². The molecule has 0 radical (unpaired) electrons. The van der Waals surface area contributed by atoms with Gasteiger partial charge in [0.25, 0.3) is 0 Å². The maximum Gasteiger partial charge on any atom is 0.414 e. The van der Waals surface area contributed by atoms with Crippen molar-refractivity contribution in [1.29, 1.82) is 0 Å². The Morgan fingerprint density at radius 3 is 2.07 bits per heavy atom. The van der Waals surface area contributed by atoms with Crippen LogP contribution in [0, 0.1) is 0 Å². The van der Waals surface area contributed by atoms with Crippen LogP contribution in [0.2, 0.25) is 0 Å². The van der Waals surface area contributed by atoms with Crippen LogP contribution in [0.1, 0.15) is 18.4 Å². The van der Waals surface area contributed by atoms with Crippen LogP contribution in [-0.4, -0.2) is 17.4 Å². The maximum absolute atomic E-state index is 12.1. The number of hydrogen-bond donors (Lipinski definition) is 1. The number of aliphatic hydroxyl groups is 1. The van der Waals surface area contributed by atoms with Crippen LogP contribution in [0.25, 0.3) is 0 Å². The molecular formula is C10H11F3O. The van der Waals surface area contributed by atoms with Crippen LogP contribution in [0.5, 0.6) is 0 Å². The van der Waals surface area contributed by atoms with E-state index in [4.69, 9.17) is 5.11 Å². The van der Waals surface area contributed by atoms with Gasteiger partial charge in [-0.25, -0.2) is 0 Å². The molecule has 1 nitrogen and oxygen atoms in total. The fourth-order valence-corrected chi connectivity index (χ4v) is 1.22. The summed E-state index contributed by atoms with van der Waals surface area (Å²) in [4.78, 5) is 0. The first-order chi connectivity index (χ1) is 6.43. The fourth-order valence-electron chi connectivity index (χ4n) is 1.22. The summed E-state index contributed by atoms with van der Waals surface area (Å²) in [6, 6.07) is 8.15. The summed E-state index contributed by atoms with van der Waals surface area (Å²) in [5, 5.41) is 8.98. The Morgan fingerprint density at radius 1 is 1.14 bits per heavy atom. The van der Waals surface area contributed by atoms with Crippen molar-refractivity contribution < 1.29 is 18.3 Å². The molecule has 2 unspecified atom stereocenters. The van der Waals surface area contributed by atoms with E-state index in [9.17, 15) is 13.2 Å². The molecule has 0 saturated carbocycles. The van der Waals surface area contributed by atoms with Crippen molar-refractivity contribution in [3.05, 3.63) is 35.9 Å². The molecule has 0 heterocycles. The smallest absolute Gasteiger partial charge is 0.383 e. The highest BCUT2D eigenvalue weighted by molar-refractivity contribution is 5.20. The molecule has 0 amide bonds. The summed E-state index contributed by atoms with van der Waals surface area (Å²) in [6.07, 6.45) is -6.86. The SMILES string of the molecule is CC(c1ccccc1)C(O)C(F)(F)F. The van der Waals surface area contributed by atoms with Crippen LogP contribution >= 0.6 is 0 Å². The Labute approximate surface area is 80.2 Å². The van der Waals surface area contributed by atoms with Crippen LogP contribution in [0.3, 0.4) is 0 Å². The quantitative estimate of drug-likeness (QED) is 0.785. The Bertz CT molecular complexity index is 281. The first kappa shape index (κ1) is 11.0. The third kappa shape index (κ3) is 2.48.